The molecule has 0 aliphatic rings. The summed E-state index contributed by atoms with van der Waals surface area (Å²) in [6, 6.07) is 3.35. The van der Waals surface area contributed by atoms with Crippen LogP contribution in [0.2, 0.25) is 0 Å². The largest absolute Gasteiger partial charge is 0.444 e. The van der Waals surface area contributed by atoms with E-state index in [1.807, 2.05) is 0 Å². The fourth-order valence-corrected chi connectivity index (χ4v) is 3.40. The fraction of sp³-hybridized carbons (Fsp3) is 0.462. The molecule has 1 heterocycles. The van der Waals surface area contributed by atoms with Crippen molar-refractivity contribution >= 4 is 17.8 Å². The van der Waals surface area contributed by atoms with Crippen LogP contribution in [0.25, 0.3) is 0 Å². The van der Waals surface area contributed by atoms with Crippen molar-refractivity contribution in [3.8, 4) is 0 Å². The van der Waals surface area contributed by atoms with Crippen LogP contribution in [0.5, 0.6) is 0 Å². The van der Waals surface area contributed by atoms with Gasteiger partial charge in [-0.1, -0.05) is 0 Å². The van der Waals surface area contributed by atoms with Gasteiger partial charge in [-0.05, 0) is 77.4 Å². The maximum absolute atomic E-state index is 13.9. The molecule has 0 radical (unpaired) electrons. The van der Waals surface area contributed by atoms with Crippen LogP contribution in [0.15, 0.2) is 36.5 Å². The normalized spacial score (nSPS) is 13.0. The Bertz CT molecular complexity index is 1150. The van der Waals surface area contributed by atoms with E-state index < -0.39 is 70.9 Å². The molecule has 37 heavy (non-hydrogen) atoms. The average molecular weight is 526 g/mol. The van der Waals surface area contributed by atoms with Gasteiger partial charge in [-0.3, -0.25) is 14.6 Å². The molecule has 2 amide bonds. The summed E-state index contributed by atoms with van der Waals surface area (Å²) in [4.78, 5) is 42.6. The number of carbonyl (C=O) groups is 3. The number of aromatic nitrogens is 1. The molecule has 2 rings (SSSR count). The van der Waals surface area contributed by atoms with Gasteiger partial charge in [-0.2, -0.15) is 13.2 Å². The van der Waals surface area contributed by atoms with Crippen molar-refractivity contribution in [2.45, 2.75) is 77.7 Å². The first kappa shape index (κ1) is 29.7. The number of benzene rings is 1. The third-order valence-corrected chi connectivity index (χ3v) is 4.84. The molecule has 2 N–H and O–H groups in total. The summed E-state index contributed by atoms with van der Waals surface area (Å²) in [7, 11) is 0. The Morgan fingerprint density at radius 1 is 1.03 bits per heavy atom. The summed E-state index contributed by atoms with van der Waals surface area (Å²) in [6.07, 6.45) is -5.64. The van der Waals surface area contributed by atoms with Crippen LogP contribution < -0.4 is 10.6 Å². The van der Waals surface area contributed by atoms with Crippen LogP contribution in [-0.2, 0) is 28.5 Å². The first-order valence-electron chi connectivity index (χ1n) is 11.5. The highest BCUT2D eigenvalue weighted by Crippen LogP contribution is 2.33. The SMILES string of the molecule is CC(C)(C)NC(=O)c1cccnc1CC(=O)C(Cc1cc(F)ccc1C(F)(F)F)NC(=O)OC(C)(C)C. The van der Waals surface area contributed by atoms with Gasteiger partial charge in [0.25, 0.3) is 5.91 Å². The highest BCUT2D eigenvalue weighted by atomic mass is 19.4. The number of alkyl carbamates (subject to hydrolysis) is 1. The number of ether oxygens (including phenoxy) is 1. The van der Waals surface area contributed by atoms with Crippen LogP contribution in [-0.4, -0.2) is 39.9 Å². The lowest BCUT2D eigenvalue weighted by molar-refractivity contribution is -0.138. The Kier molecular flexibility index (Phi) is 9.05. The Balaban J connectivity index is 2.43. The number of halogens is 4. The third kappa shape index (κ3) is 9.47. The minimum absolute atomic E-state index is 0.0699. The van der Waals surface area contributed by atoms with Crippen molar-refractivity contribution in [1.29, 1.82) is 0 Å². The second-order valence-electron chi connectivity index (χ2n) is 10.5. The van der Waals surface area contributed by atoms with Gasteiger partial charge in [-0.25, -0.2) is 9.18 Å². The molecule has 1 atom stereocenters. The molecule has 202 valence electrons. The standard InChI is InChI=1S/C26H31F4N3O4/c1-24(2,3)33-22(35)17-8-7-11-31-19(17)14-21(34)20(32-23(36)37-25(4,5)6)13-15-12-16(27)9-10-18(15)26(28,29)30/h7-12,20H,13-14H2,1-6H3,(H,32,36)(H,33,35). The van der Waals surface area contributed by atoms with E-state index in [-0.39, 0.29) is 11.3 Å². The van der Waals surface area contributed by atoms with E-state index in [9.17, 15) is 31.9 Å². The number of pyridine rings is 1. The molecule has 0 bridgehead atoms. The maximum Gasteiger partial charge on any atom is 0.416 e. The van der Waals surface area contributed by atoms with Crippen LogP contribution >= 0.6 is 0 Å². The third-order valence-electron chi connectivity index (χ3n) is 4.84. The molecule has 0 saturated heterocycles. The van der Waals surface area contributed by atoms with Gasteiger partial charge in [0, 0.05) is 18.2 Å². The van der Waals surface area contributed by atoms with Gasteiger partial charge in [-0.15, -0.1) is 0 Å². The van der Waals surface area contributed by atoms with Crippen molar-refractivity contribution in [2.24, 2.45) is 0 Å². The number of ketones is 1. The van der Waals surface area contributed by atoms with Gasteiger partial charge >= 0.3 is 12.3 Å². The van der Waals surface area contributed by atoms with E-state index in [4.69, 9.17) is 4.74 Å². The molecule has 0 aliphatic carbocycles. The Labute approximate surface area is 213 Å². The number of Topliss-reactive ketones (excluding diaryl/α,β-unsaturated/α-hetero) is 1. The molecule has 0 aliphatic heterocycles. The lowest BCUT2D eigenvalue weighted by atomic mass is 9.94. The maximum atomic E-state index is 13.9. The summed E-state index contributed by atoms with van der Waals surface area (Å²) < 4.78 is 59.7. The number of nitrogens with zero attached hydrogens (tertiary/aromatic N) is 1. The second kappa shape index (κ2) is 11.3. The van der Waals surface area contributed by atoms with E-state index in [2.05, 4.69) is 15.6 Å². The van der Waals surface area contributed by atoms with Gasteiger partial charge in [0.05, 0.1) is 29.3 Å². The summed E-state index contributed by atoms with van der Waals surface area (Å²) in [5, 5.41) is 5.06. The molecule has 11 heteroatoms. The van der Waals surface area contributed by atoms with E-state index in [1.54, 1.807) is 41.5 Å². The van der Waals surface area contributed by atoms with Crippen LogP contribution in [0.1, 0.15) is 68.7 Å². The fourth-order valence-electron chi connectivity index (χ4n) is 3.40. The lowest BCUT2D eigenvalue weighted by Gasteiger charge is -2.24. The van der Waals surface area contributed by atoms with E-state index in [0.717, 1.165) is 0 Å². The van der Waals surface area contributed by atoms with E-state index in [0.29, 0.717) is 18.2 Å². The summed E-state index contributed by atoms with van der Waals surface area (Å²) >= 11 is 0. The number of hydrogen-bond acceptors (Lipinski definition) is 5. The average Bonchev–Trinajstić information content (AvgIpc) is 2.70. The molecule has 7 nitrogen and oxygen atoms in total. The van der Waals surface area contributed by atoms with Crippen LogP contribution in [0.3, 0.4) is 0 Å². The van der Waals surface area contributed by atoms with Gasteiger partial charge in [0.15, 0.2) is 5.78 Å². The molecule has 2 aromatic rings. The van der Waals surface area contributed by atoms with Crippen molar-refractivity contribution in [3.05, 3.63) is 64.7 Å². The van der Waals surface area contributed by atoms with Gasteiger partial charge in [0.1, 0.15) is 11.4 Å². The van der Waals surface area contributed by atoms with Crippen LogP contribution in [0, 0.1) is 5.82 Å². The molecule has 1 aromatic carbocycles. The Morgan fingerprint density at radius 3 is 2.24 bits per heavy atom. The monoisotopic (exact) mass is 525 g/mol. The first-order valence-corrected chi connectivity index (χ1v) is 11.5. The topological polar surface area (TPSA) is 97.4 Å². The number of amides is 2. The first-order chi connectivity index (χ1) is 16.9. The quantitative estimate of drug-likeness (QED) is 0.495. The predicted molar refractivity (Wildman–Crippen MR) is 128 cm³/mol. The number of rotatable bonds is 7. The number of hydrogen-bond donors (Lipinski definition) is 2. The molecule has 0 spiro atoms. The molecular weight excluding hydrogens is 494 g/mol. The van der Waals surface area contributed by atoms with Gasteiger partial charge < -0.3 is 15.4 Å². The van der Waals surface area contributed by atoms with Crippen molar-refractivity contribution in [1.82, 2.24) is 15.6 Å². The number of carbonyl (C=O) groups excluding carboxylic acids is 3. The number of nitrogens with one attached hydrogen (secondary N) is 2. The number of alkyl halides is 3. The summed E-state index contributed by atoms with van der Waals surface area (Å²) in [6.45, 7) is 10.0. The predicted octanol–water partition coefficient (Wildman–Crippen LogP) is 5.02. The van der Waals surface area contributed by atoms with E-state index >= 15 is 0 Å². The Morgan fingerprint density at radius 2 is 1.68 bits per heavy atom. The highest BCUT2D eigenvalue weighted by molar-refractivity contribution is 5.98. The smallest absolute Gasteiger partial charge is 0.416 e. The van der Waals surface area contributed by atoms with Crippen LogP contribution in [0.4, 0.5) is 22.4 Å². The zero-order chi connectivity index (χ0) is 28.2. The zero-order valence-electron chi connectivity index (χ0n) is 21.5. The second-order valence-corrected chi connectivity index (χ2v) is 10.5. The van der Waals surface area contributed by atoms with Crippen molar-refractivity contribution in [2.75, 3.05) is 0 Å². The zero-order valence-corrected chi connectivity index (χ0v) is 21.5. The molecular formula is C26H31F4N3O4. The molecule has 0 saturated carbocycles. The minimum Gasteiger partial charge on any atom is -0.444 e. The molecule has 0 fully saturated rings. The molecule has 1 unspecified atom stereocenters. The van der Waals surface area contributed by atoms with Crippen molar-refractivity contribution < 1.29 is 36.7 Å². The van der Waals surface area contributed by atoms with Gasteiger partial charge in [0.2, 0.25) is 0 Å². The lowest BCUT2D eigenvalue weighted by Crippen LogP contribution is -2.46. The van der Waals surface area contributed by atoms with Crippen molar-refractivity contribution in [3.63, 3.8) is 0 Å². The highest BCUT2D eigenvalue weighted by Gasteiger charge is 2.35. The van der Waals surface area contributed by atoms with E-state index in [1.165, 1.54) is 18.3 Å². The minimum atomic E-state index is -4.82. The molecule has 1 aromatic heterocycles. The summed E-state index contributed by atoms with van der Waals surface area (Å²) in [5.41, 5.74) is -3.02. The summed E-state index contributed by atoms with van der Waals surface area (Å²) in [5.74, 6) is -2.17. The Hall–Kier alpha value is -3.50.